The molecule has 0 atom stereocenters. The number of hydrogen-bond acceptors (Lipinski definition) is 5. The minimum absolute atomic E-state index is 0.0103. The van der Waals surface area contributed by atoms with Gasteiger partial charge in [-0.05, 0) is 25.5 Å². The number of benzene rings is 1. The molecule has 0 saturated carbocycles. The lowest BCUT2D eigenvalue weighted by molar-refractivity contribution is -0.123. The highest BCUT2D eigenvalue weighted by atomic mass is 16.6. The number of nitrogens with one attached hydrogen (secondary N) is 1. The fourth-order valence-electron chi connectivity index (χ4n) is 3.24. The Kier molecular flexibility index (Phi) is 14.0. The monoisotopic (exact) mass is 436 g/mol. The number of carbonyl (C=O) groups is 2. The first-order valence-corrected chi connectivity index (χ1v) is 11.6. The third kappa shape index (κ3) is 11.5. The smallest absolute Gasteiger partial charge is 0.414 e. The average Bonchev–Trinajstić information content (AvgIpc) is 2.76. The Bertz CT molecular complexity index is 651. The van der Waals surface area contributed by atoms with Gasteiger partial charge in [-0.15, -0.1) is 0 Å². The van der Waals surface area contributed by atoms with Crippen molar-refractivity contribution < 1.29 is 24.2 Å². The minimum Gasteiger partial charge on any atom is -0.508 e. The molecule has 0 aromatic heterocycles. The molecule has 2 amide bonds. The molecule has 7 nitrogen and oxygen atoms in total. The third-order valence-corrected chi connectivity index (χ3v) is 5.06. The zero-order chi connectivity index (χ0) is 22.9. The Morgan fingerprint density at radius 1 is 0.968 bits per heavy atom. The molecule has 31 heavy (non-hydrogen) atoms. The molecule has 7 heteroatoms. The maximum atomic E-state index is 12.1. The van der Waals surface area contributed by atoms with Crippen molar-refractivity contribution >= 4 is 17.7 Å². The molecular formula is C24H40N2O5. The van der Waals surface area contributed by atoms with E-state index in [1.807, 2.05) is 0 Å². The van der Waals surface area contributed by atoms with E-state index in [1.165, 1.54) is 81.5 Å². The molecule has 1 rings (SSSR count). The summed E-state index contributed by atoms with van der Waals surface area (Å²) in [6, 6.07) is 4.36. The van der Waals surface area contributed by atoms with Crippen molar-refractivity contribution in [2.24, 2.45) is 0 Å². The van der Waals surface area contributed by atoms with E-state index < -0.39 is 6.09 Å². The fraction of sp³-hybridized carbons (Fsp3) is 0.667. The van der Waals surface area contributed by atoms with Crippen molar-refractivity contribution in [1.29, 1.82) is 0 Å². The summed E-state index contributed by atoms with van der Waals surface area (Å²) in [5.41, 5.74) is 0.334. The van der Waals surface area contributed by atoms with E-state index in [1.54, 1.807) is 6.92 Å². The largest absolute Gasteiger partial charge is 0.508 e. The molecule has 176 valence electrons. The first kappa shape index (κ1) is 26.6. The van der Waals surface area contributed by atoms with Crippen LogP contribution >= 0.6 is 0 Å². The van der Waals surface area contributed by atoms with Crippen LogP contribution in [0.3, 0.4) is 0 Å². The van der Waals surface area contributed by atoms with Gasteiger partial charge < -0.3 is 19.9 Å². The Labute approximate surface area is 187 Å². The molecule has 0 unspecified atom stereocenters. The summed E-state index contributed by atoms with van der Waals surface area (Å²) < 4.78 is 10.6. The summed E-state index contributed by atoms with van der Waals surface area (Å²) in [6.45, 7) is 4.65. The van der Waals surface area contributed by atoms with Crippen LogP contribution in [0.15, 0.2) is 18.2 Å². The van der Waals surface area contributed by atoms with Gasteiger partial charge in [-0.25, -0.2) is 4.79 Å². The number of phenols is 1. The molecular weight excluding hydrogens is 396 g/mol. The standard InChI is InChI=1S/C24H40N2O5/c1-4-6-7-8-9-10-11-12-13-14-17-25-23(28)19-31-22-16-15-20(27)18-21(22)26(3)24(29)30-5-2/h15-16,18,27H,4-14,17,19H2,1-3H3,(H,25,28). The van der Waals surface area contributed by atoms with Gasteiger partial charge >= 0.3 is 6.09 Å². The number of amides is 2. The Hall–Kier alpha value is -2.44. The Morgan fingerprint density at radius 3 is 2.19 bits per heavy atom. The van der Waals surface area contributed by atoms with E-state index in [9.17, 15) is 14.7 Å². The molecule has 0 fully saturated rings. The number of ether oxygens (including phenoxy) is 2. The number of phenolic OH excluding ortho intramolecular Hbond substituents is 1. The average molecular weight is 437 g/mol. The molecule has 2 N–H and O–H groups in total. The second kappa shape index (κ2) is 16.3. The number of carbonyl (C=O) groups excluding carboxylic acids is 2. The van der Waals surface area contributed by atoms with E-state index in [2.05, 4.69) is 12.2 Å². The number of hydrogen-bond donors (Lipinski definition) is 2. The van der Waals surface area contributed by atoms with Crippen LogP contribution in [-0.4, -0.2) is 43.9 Å². The number of anilines is 1. The summed E-state index contributed by atoms with van der Waals surface area (Å²) >= 11 is 0. The number of aromatic hydroxyl groups is 1. The van der Waals surface area contributed by atoms with Gasteiger partial charge in [-0.1, -0.05) is 64.7 Å². The molecule has 0 bridgehead atoms. The SMILES string of the molecule is CCCCCCCCCCCCNC(=O)COc1ccc(O)cc1N(C)C(=O)OCC. The lowest BCUT2D eigenvalue weighted by Gasteiger charge is -2.20. The normalized spacial score (nSPS) is 10.5. The quantitative estimate of drug-likeness (QED) is 0.339. The van der Waals surface area contributed by atoms with E-state index in [0.29, 0.717) is 18.0 Å². The van der Waals surface area contributed by atoms with Crippen LogP contribution in [0.25, 0.3) is 0 Å². The van der Waals surface area contributed by atoms with Crippen LogP contribution in [0.5, 0.6) is 11.5 Å². The molecule has 0 heterocycles. The van der Waals surface area contributed by atoms with Crippen LogP contribution in [0.4, 0.5) is 10.5 Å². The van der Waals surface area contributed by atoms with E-state index in [-0.39, 0.29) is 24.9 Å². The fourth-order valence-corrected chi connectivity index (χ4v) is 3.24. The maximum absolute atomic E-state index is 12.1. The van der Waals surface area contributed by atoms with Gasteiger partial charge in [0.15, 0.2) is 6.61 Å². The molecule has 0 aliphatic carbocycles. The lowest BCUT2D eigenvalue weighted by Crippen LogP contribution is -2.31. The van der Waals surface area contributed by atoms with Crippen molar-refractivity contribution in [1.82, 2.24) is 5.32 Å². The van der Waals surface area contributed by atoms with Gasteiger partial charge in [0.2, 0.25) is 0 Å². The van der Waals surface area contributed by atoms with Crippen molar-refractivity contribution in [3.8, 4) is 11.5 Å². The second-order valence-electron chi connectivity index (χ2n) is 7.73. The molecule has 0 aliphatic heterocycles. The summed E-state index contributed by atoms with van der Waals surface area (Å²) in [5.74, 6) is 0.0973. The van der Waals surface area contributed by atoms with Crippen LogP contribution in [0, 0.1) is 0 Å². The Balaban J connectivity index is 2.26. The van der Waals surface area contributed by atoms with E-state index in [0.717, 1.165) is 12.8 Å². The zero-order valence-electron chi connectivity index (χ0n) is 19.5. The second-order valence-corrected chi connectivity index (χ2v) is 7.73. The van der Waals surface area contributed by atoms with Crippen molar-refractivity contribution in [3.63, 3.8) is 0 Å². The summed E-state index contributed by atoms with van der Waals surface area (Å²) in [7, 11) is 1.52. The van der Waals surface area contributed by atoms with Gasteiger partial charge in [-0.3, -0.25) is 9.69 Å². The van der Waals surface area contributed by atoms with Gasteiger partial charge in [0, 0.05) is 19.7 Å². The first-order valence-electron chi connectivity index (χ1n) is 11.6. The highest BCUT2D eigenvalue weighted by Crippen LogP contribution is 2.31. The Morgan fingerprint density at radius 2 is 1.58 bits per heavy atom. The topological polar surface area (TPSA) is 88.1 Å². The maximum Gasteiger partial charge on any atom is 0.414 e. The number of nitrogens with zero attached hydrogens (tertiary/aromatic N) is 1. The molecule has 0 radical (unpaired) electrons. The van der Waals surface area contributed by atoms with E-state index in [4.69, 9.17) is 9.47 Å². The third-order valence-electron chi connectivity index (χ3n) is 5.06. The minimum atomic E-state index is -0.566. The van der Waals surface area contributed by atoms with Gasteiger partial charge in [0.1, 0.15) is 11.5 Å². The lowest BCUT2D eigenvalue weighted by atomic mass is 10.1. The van der Waals surface area contributed by atoms with Gasteiger partial charge in [-0.2, -0.15) is 0 Å². The van der Waals surface area contributed by atoms with Crippen LogP contribution in [0.1, 0.15) is 78.1 Å². The molecule has 0 spiro atoms. The van der Waals surface area contributed by atoms with E-state index >= 15 is 0 Å². The van der Waals surface area contributed by atoms with Crippen molar-refractivity contribution in [2.75, 3.05) is 31.7 Å². The molecule has 0 saturated heterocycles. The highest BCUT2D eigenvalue weighted by molar-refractivity contribution is 5.89. The van der Waals surface area contributed by atoms with Gasteiger partial charge in [0.05, 0.1) is 12.3 Å². The molecule has 1 aromatic rings. The first-order chi connectivity index (χ1) is 15.0. The predicted octanol–water partition coefficient (Wildman–Crippen LogP) is 5.40. The van der Waals surface area contributed by atoms with Crippen molar-refractivity contribution in [3.05, 3.63) is 18.2 Å². The number of unbranched alkanes of at least 4 members (excludes halogenated alkanes) is 9. The van der Waals surface area contributed by atoms with Crippen LogP contribution in [0.2, 0.25) is 0 Å². The van der Waals surface area contributed by atoms with Crippen LogP contribution in [-0.2, 0) is 9.53 Å². The van der Waals surface area contributed by atoms with Crippen molar-refractivity contribution in [2.45, 2.75) is 78.1 Å². The summed E-state index contributed by atoms with van der Waals surface area (Å²) in [6.07, 6.45) is 12.0. The molecule has 0 aliphatic rings. The van der Waals surface area contributed by atoms with Gasteiger partial charge in [0.25, 0.3) is 5.91 Å². The van der Waals surface area contributed by atoms with Crippen LogP contribution < -0.4 is 15.0 Å². The summed E-state index contributed by atoms with van der Waals surface area (Å²) in [5, 5.41) is 12.6. The zero-order valence-corrected chi connectivity index (χ0v) is 19.5. The number of rotatable bonds is 16. The predicted molar refractivity (Wildman–Crippen MR) is 124 cm³/mol. The molecule has 1 aromatic carbocycles. The highest BCUT2D eigenvalue weighted by Gasteiger charge is 2.18. The summed E-state index contributed by atoms with van der Waals surface area (Å²) in [4.78, 5) is 25.3.